The third kappa shape index (κ3) is 1.72. The average molecular weight is 239 g/mol. The van der Waals surface area contributed by atoms with Gasteiger partial charge in [-0.15, -0.1) is 0 Å². The lowest BCUT2D eigenvalue weighted by atomic mass is 10.2. The molecule has 0 aliphatic rings. The van der Waals surface area contributed by atoms with Gasteiger partial charge in [0.1, 0.15) is 5.82 Å². The smallest absolute Gasteiger partial charge is 0.148 e. The number of aliphatic hydroxyl groups excluding tert-OH is 1. The third-order valence-electron chi connectivity index (χ3n) is 1.30. The average Bonchev–Trinajstić information content (AvgIpc) is 1.99. The van der Waals surface area contributed by atoms with Crippen LogP contribution in [0.25, 0.3) is 0 Å². The van der Waals surface area contributed by atoms with Gasteiger partial charge in [0.05, 0.1) is 11.6 Å². The first kappa shape index (κ1) is 8.97. The summed E-state index contributed by atoms with van der Waals surface area (Å²) < 4.78 is 13.5. The van der Waals surface area contributed by atoms with E-state index in [1.54, 1.807) is 6.07 Å². The van der Waals surface area contributed by atoms with Gasteiger partial charge in [-0.3, -0.25) is 0 Å². The van der Waals surface area contributed by atoms with Crippen molar-refractivity contribution in [3.8, 4) is 0 Å². The van der Waals surface area contributed by atoms with Crippen LogP contribution >= 0.6 is 27.5 Å². The van der Waals surface area contributed by atoms with Crippen LogP contribution in [0.5, 0.6) is 0 Å². The second-order valence-electron chi connectivity index (χ2n) is 1.98. The molecule has 0 amide bonds. The molecule has 0 spiro atoms. The Kier molecular flexibility index (Phi) is 2.87. The van der Waals surface area contributed by atoms with E-state index >= 15 is 0 Å². The Hall–Kier alpha value is -0.120. The lowest BCUT2D eigenvalue weighted by Gasteiger charge is -2.02. The van der Waals surface area contributed by atoms with Gasteiger partial charge in [-0.25, -0.2) is 4.39 Å². The Bertz CT molecular complexity index is 277. The number of aliphatic hydroxyl groups is 1. The Morgan fingerprint density at radius 3 is 2.64 bits per heavy atom. The van der Waals surface area contributed by atoms with Crippen molar-refractivity contribution < 1.29 is 9.50 Å². The first-order valence-corrected chi connectivity index (χ1v) is 4.07. The van der Waals surface area contributed by atoms with Crippen molar-refractivity contribution in [3.63, 3.8) is 0 Å². The molecule has 60 valence electrons. The minimum absolute atomic E-state index is 0.0252. The van der Waals surface area contributed by atoms with Crippen LogP contribution in [0.1, 0.15) is 5.56 Å². The number of hydrogen-bond donors (Lipinski definition) is 1. The minimum Gasteiger partial charge on any atom is -0.392 e. The van der Waals surface area contributed by atoms with Gasteiger partial charge in [0, 0.05) is 10.0 Å². The van der Waals surface area contributed by atoms with E-state index in [0.717, 1.165) is 0 Å². The zero-order valence-electron chi connectivity index (χ0n) is 5.44. The van der Waals surface area contributed by atoms with E-state index in [9.17, 15) is 4.39 Å². The number of halogens is 3. The summed E-state index contributed by atoms with van der Waals surface area (Å²) >= 11 is 8.54. The molecule has 0 unspecified atom stereocenters. The molecule has 0 aliphatic carbocycles. The molecule has 0 aromatic heterocycles. The van der Waals surface area contributed by atoms with Crippen molar-refractivity contribution in [1.29, 1.82) is 0 Å². The summed E-state index contributed by atoms with van der Waals surface area (Å²) in [4.78, 5) is 0. The van der Waals surface area contributed by atoms with Crippen LogP contribution in [0.15, 0.2) is 16.6 Å². The van der Waals surface area contributed by atoms with Crippen molar-refractivity contribution in [2.24, 2.45) is 0 Å². The molecule has 0 saturated carbocycles. The molecule has 0 heterocycles. The number of rotatable bonds is 1. The maximum Gasteiger partial charge on any atom is 0.148 e. The van der Waals surface area contributed by atoms with E-state index in [1.165, 1.54) is 6.07 Å². The van der Waals surface area contributed by atoms with Crippen LogP contribution in [-0.2, 0) is 6.61 Å². The van der Waals surface area contributed by atoms with E-state index in [4.69, 9.17) is 16.7 Å². The maximum absolute atomic E-state index is 12.9. The second kappa shape index (κ2) is 3.52. The standard InChI is InChI=1S/C7H5BrClFO/c8-5-1-2-6(9)7(10)4(5)3-11/h1-2,11H,3H2. The summed E-state index contributed by atoms with van der Waals surface area (Å²) in [5.74, 6) is -0.566. The molecule has 4 heteroatoms. The van der Waals surface area contributed by atoms with Gasteiger partial charge in [0.25, 0.3) is 0 Å². The van der Waals surface area contributed by atoms with Crippen LogP contribution in [0.2, 0.25) is 5.02 Å². The van der Waals surface area contributed by atoms with Crippen LogP contribution in [-0.4, -0.2) is 5.11 Å². The van der Waals surface area contributed by atoms with Gasteiger partial charge in [0.15, 0.2) is 0 Å². The van der Waals surface area contributed by atoms with E-state index in [-0.39, 0.29) is 17.2 Å². The Morgan fingerprint density at radius 1 is 1.55 bits per heavy atom. The molecule has 0 fully saturated rings. The van der Waals surface area contributed by atoms with Crippen LogP contribution in [0.3, 0.4) is 0 Å². The lowest BCUT2D eigenvalue weighted by Crippen LogP contribution is -1.91. The van der Waals surface area contributed by atoms with Crippen LogP contribution < -0.4 is 0 Å². The predicted octanol–water partition coefficient (Wildman–Crippen LogP) is 2.73. The summed E-state index contributed by atoms with van der Waals surface area (Å²) in [7, 11) is 0. The summed E-state index contributed by atoms with van der Waals surface area (Å²) in [6.07, 6.45) is 0. The van der Waals surface area contributed by atoms with E-state index in [0.29, 0.717) is 4.47 Å². The molecule has 0 aliphatic heterocycles. The summed E-state index contributed by atoms with van der Waals surface area (Å²) in [5, 5.41) is 8.72. The summed E-state index contributed by atoms with van der Waals surface area (Å²) in [6.45, 7) is -0.354. The summed E-state index contributed by atoms with van der Waals surface area (Å²) in [5.41, 5.74) is 0.192. The predicted molar refractivity (Wildman–Crippen MR) is 45.0 cm³/mol. The van der Waals surface area contributed by atoms with Gasteiger partial charge in [-0.1, -0.05) is 27.5 Å². The van der Waals surface area contributed by atoms with Crippen molar-refractivity contribution in [2.45, 2.75) is 6.61 Å². The van der Waals surface area contributed by atoms with E-state index in [2.05, 4.69) is 15.9 Å². The number of hydrogen-bond acceptors (Lipinski definition) is 1. The zero-order valence-corrected chi connectivity index (χ0v) is 7.78. The Labute approximate surface area is 76.9 Å². The largest absolute Gasteiger partial charge is 0.392 e. The Morgan fingerprint density at radius 2 is 2.18 bits per heavy atom. The third-order valence-corrected chi connectivity index (χ3v) is 2.33. The topological polar surface area (TPSA) is 20.2 Å². The highest BCUT2D eigenvalue weighted by Crippen LogP contribution is 2.25. The van der Waals surface area contributed by atoms with Gasteiger partial charge < -0.3 is 5.11 Å². The molecular formula is C7H5BrClFO. The van der Waals surface area contributed by atoms with E-state index in [1.807, 2.05) is 0 Å². The highest BCUT2D eigenvalue weighted by molar-refractivity contribution is 9.10. The zero-order chi connectivity index (χ0) is 8.43. The quantitative estimate of drug-likeness (QED) is 0.747. The first-order valence-electron chi connectivity index (χ1n) is 2.90. The van der Waals surface area contributed by atoms with Gasteiger partial charge in [0.2, 0.25) is 0 Å². The molecule has 0 radical (unpaired) electrons. The molecule has 1 rings (SSSR count). The molecule has 1 aromatic carbocycles. The molecule has 1 nitrogen and oxygen atoms in total. The maximum atomic E-state index is 12.9. The van der Waals surface area contributed by atoms with Crippen LogP contribution in [0.4, 0.5) is 4.39 Å². The fourth-order valence-corrected chi connectivity index (χ4v) is 1.32. The van der Waals surface area contributed by atoms with Crippen molar-refractivity contribution >= 4 is 27.5 Å². The summed E-state index contributed by atoms with van der Waals surface area (Å²) in [6, 6.07) is 3.02. The second-order valence-corrected chi connectivity index (χ2v) is 3.24. The highest BCUT2D eigenvalue weighted by atomic mass is 79.9. The molecular weight excluding hydrogens is 234 g/mol. The van der Waals surface area contributed by atoms with Crippen molar-refractivity contribution in [2.75, 3.05) is 0 Å². The Balaban J connectivity index is 3.29. The molecule has 1 aromatic rings. The molecule has 0 saturated heterocycles. The molecule has 11 heavy (non-hydrogen) atoms. The normalized spacial score (nSPS) is 10.2. The monoisotopic (exact) mass is 238 g/mol. The van der Waals surface area contributed by atoms with Crippen molar-refractivity contribution in [1.82, 2.24) is 0 Å². The first-order chi connectivity index (χ1) is 5.16. The molecule has 0 bridgehead atoms. The van der Waals surface area contributed by atoms with Gasteiger partial charge in [-0.05, 0) is 12.1 Å². The lowest BCUT2D eigenvalue weighted by molar-refractivity contribution is 0.275. The molecule has 0 atom stereocenters. The SMILES string of the molecule is OCc1c(Br)ccc(Cl)c1F. The van der Waals surface area contributed by atoms with Crippen LogP contribution in [0, 0.1) is 5.82 Å². The fourth-order valence-electron chi connectivity index (χ4n) is 0.714. The van der Waals surface area contributed by atoms with Gasteiger partial charge in [-0.2, -0.15) is 0 Å². The van der Waals surface area contributed by atoms with Crippen molar-refractivity contribution in [3.05, 3.63) is 33.0 Å². The molecule has 1 N–H and O–H groups in total. The van der Waals surface area contributed by atoms with Gasteiger partial charge >= 0.3 is 0 Å². The minimum atomic E-state index is -0.566. The number of benzene rings is 1. The fraction of sp³-hybridized carbons (Fsp3) is 0.143. The highest BCUT2D eigenvalue weighted by Gasteiger charge is 2.08. The van der Waals surface area contributed by atoms with E-state index < -0.39 is 5.82 Å².